The van der Waals surface area contributed by atoms with E-state index in [4.69, 9.17) is 19.7 Å². The molecule has 0 saturated heterocycles. The lowest BCUT2D eigenvalue weighted by Gasteiger charge is -2.18. The van der Waals surface area contributed by atoms with Gasteiger partial charge in [-0.05, 0) is 18.2 Å². The molecule has 0 aliphatic rings. The Labute approximate surface area is 131 Å². The molecule has 0 aliphatic heterocycles. The highest BCUT2D eigenvalue weighted by atomic mass is 16.5. The lowest BCUT2D eigenvalue weighted by atomic mass is 9.91. The number of carboxylic acid groups (broad SMARTS) is 2. The Morgan fingerprint density at radius 1 is 0.957 bits per heavy atom. The van der Waals surface area contributed by atoms with Gasteiger partial charge in [0.15, 0.2) is 0 Å². The molecule has 0 spiro atoms. The molecule has 0 heterocycles. The molecule has 0 radical (unpaired) electrons. The summed E-state index contributed by atoms with van der Waals surface area (Å²) in [4.78, 5) is 44.1. The van der Waals surface area contributed by atoms with Crippen LogP contribution in [0.15, 0.2) is 18.2 Å². The number of hydrogen-bond donors (Lipinski definition) is 2. The minimum atomic E-state index is -1.21. The molecule has 1 rings (SSSR count). The van der Waals surface area contributed by atoms with Crippen molar-refractivity contribution < 1.29 is 38.9 Å². The van der Waals surface area contributed by atoms with Gasteiger partial charge in [0.25, 0.3) is 0 Å². The molecular weight excluding hydrogens is 308 g/mol. The summed E-state index contributed by atoms with van der Waals surface area (Å²) < 4.78 is 9.88. The molecule has 2 N–H and O–H groups in total. The molecule has 124 valence electrons. The van der Waals surface area contributed by atoms with Gasteiger partial charge in [-0.2, -0.15) is 0 Å². The molecule has 0 amide bonds. The van der Waals surface area contributed by atoms with Crippen molar-refractivity contribution in [3.63, 3.8) is 0 Å². The number of benzene rings is 1. The molecule has 0 atom stereocenters. The maximum absolute atomic E-state index is 11.2. The van der Waals surface area contributed by atoms with E-state index in [2.05, 4.69) is 0 Å². The predicted molar refractivity (Wildman–Crippen MR) is 76.3 cm³/mol. The van der Waals surface area contributed by atoms with Crippen molar-refractivity contribution in [2.45, 2.75) is 32.6 Å². The fraction of sp³-hybridized carbons (Fsp3) is 0.333. The third-order valence-corrected chi connectivity index (χ3v) is 2.78. The number of carbonyl (C=O) groups is 4. The van der Waals surface area contributed by atoms with Gasteiger partial charge < -0.3 is 19.7 Å². The van der Waals surface area contributed by atoms with Crippen LogP contribution in [-0.4, -0.2) is 34.1 Å². The number of rotatable bonds is 7. The fourth-order valence-corrected chi connectivity index (χ4v) is 2.04. The summed E-state index contributed by atoms with van der Waals surface area (Å²) in [5.74, 6) is -4.47. The molecule has 0 fully saturated rings. The van der Waals surface area contributed by atoms with Crippen LogP contribution in [0.1, 0.15) is 38.2 Å². The first-order valence-corrected chi connectivity index (χ1v) is 6.63. The first kappa shape index (κ1) is 18.1. The van der Waals surface area contributed by atoms with E-state index in [0.717, 1.165) is 6.92 Å². The molecule has 0 bridgehead atoms. The maximum Gasteiger partial charge on any atom is 0.308 e. The molecule has 0 aliphatic carbocycles. The summed E-state index contributed by atoms with van der Waals surface area (Å²) in [5.41, 5.74) is 0.170. The second kappa shape index (κ2) is 7.92. The predicted octanol–water partition coefficient (Wildman–Crippen LogP) is 1.57. The monoisotopic (exact) mass is 324 g/mol. The second-order valence-electron chi connectivity index (χ2n) is 4.78. The highest BCUT2D eigenvalue weighted by Gasteiger charge is 2.24. The lowest BCUT2D eigenvalue weighted by molar-refractivity contribution is -0.139. The normalized spacial score (nSPS) is 10.2. The second-order valence-corrected chi connectivity index (χ2v) is 4.78. The SMILES string of the molecule is CC(=O)Oc1ccc(OC(C)=O)c(C(CC(=O)O)CC(=O)O)c1. The van der Waals surface area contributed by atoms with Crippen LogP contribution in [0.3, 0.4) is 0 Å². The van der Waals surface area contributed by atoms with E-state index in [1.807, 2.05) is 0 Å². The van der Waals surface area contributed by atoms with Crippen LogP contribution in [0.25, 0.3) is 0 Å². The minimum Gasteiger partial charge on any atom is -0.481 e. The summed E-state index contributed by atoms with van der Waals surface area (Å²) >= 11 is 0. The van der Waals surface area contributed by atoms with Crippen LogP contribution >= 0.6 is 0 Å². The third kappa shape index (κ3) is 6.16. The molecule has 0 unspecified atom stereocenters. The van der Waals surface area contributed by atoms with Crippen LogP contribution in [0.2, 0.25) is 0 Å². The Morgan fingerprint density at radius 3 is 1.91 bits per heavy atom. The quantitative estimate of drug-likeness (QED) is 0.571. The number of hydrogen-bond acceptors (Lipinski definition) is 6. The van der Waals surface area contributed by atoms with E-state index in [1.165, 1.54) is 25.1 Å². The third-order valence-electron chi connectivity index (χ3n) is 2.78. The van der Waals surface area contributed by atoms with E-state index in [-0.39, 0.29) is 17.1 Å². The zero-order valence-corrected chi connectivity index (χ0v) is 12.6. The van der Waals surface area contributed by atoms with Crippen LogP contribution < -0.4 is 9.47 Å². The Bertz CT molecular complexity index is 618. The summed E-state index contributed by atoms with van der Waals surface area (Å²) in [7, 11) is 0. The molecule has 1 aromatic carbocycles. The summed E-state index contributed by atoms with van der Waals surface area (Å²) in [5, 5.41) is 17.9. The molecule has 23 heavy (non-hydrogen) atoms. The van der Waals surface area contributed by atoms with Crippen molar-refractivity contribution in [3.8, 4) is 11.5 Å². The van der Waals surface area contributed by atoms with Gasteiger partial charge in [-0.15, -0.1) is 0 Å². The van der Waals surface area contributed by atoms with Crippen molar-refractivity contribution in [3.05, 3.63) is 23.8 Å². The molecular formula is C15H16O8. The Balaban J connectivity index is 3.31. The van der Waals surface area contributed by atoms with Crippen LogP contribution in [0, 0.1) is 0 Å². The van der Waals surface area contributed by atoms with Crippen molar-refractivity contribution in [1.82, 2.24) is 0 Å². The first-order chi connectivity index (χ1) is 10.7. The highest BCUT2D eigenvalue weighted by Crippen LogP contribution is 2.35. The van der Waals surface area contributed by atoms with Gasteiger partial charge in [0.05, 0.1) is 12.8 Å². The summed E-state index contributed by atoms with van der Waals surface area (Å²) in [6.07, 6.45) is -0.964. The zero-order chi connectivity index (χ0) is 17.6. The van der Waals surface area contributed by atoms with Gasteiger partial charge >= 0.3 is 23.9 Å². The smallest absolute Gasteiger partial charge is 0.308 e. The summed E-state index contributed by atoms with van der Waals surface area (Å²) in [6, 6.07) is 3.99. The van der Waals surface area contributed by atoms with Gasteiger partial charge in [0.2, 0.25) is 0 Å². The minimum absolute atomic E-state index is 0.0286. The van der Waals surface area contributed by atoms with Crippen LogP contribution in [-0.2, 0) is 19.2 Å². The maximum atomic E-state index is 11.2. The Kier molecular flexibility index (Phi) is 6.25. The molecule has 8 nitrogen and oxygen atoms in total. The molecule has 0 aromatic heterocycles. The first-order valence-electron chi connectivity index (χ1n) is 6.63. The largest absolute Gasteiger partial charge is 0.481 e. The average Bonchev–Trinajstić information content (AvgIpc) is 2.37. The Morgan fingerprint density at radius 2 is 1.48 bits per heavy atom. The van der Waals surface area contributed by atoms with E-state index in [1.54, 1.807) is 0 Å². The van der Waals surface area contributed by atoms with Crippen molar-refractivity contribution >= 4 is 23.9 Å². The van der Waals surface area contributed by atoms with Gasteiger partial charge in [0, 0.05) is 25.3 Å². The Hall–Kier alpha value is -2.90. The average molecular weight is 324 g/mol. The molecule has 1 aromatic rings. The van der Waals surface area contributed by atoms with Gasteiger partial charge in [-0.25, -0.2) is 0 Å². The number of carbonyl (C=O) groups excluding carboxylic acids is 2. The summed E-state index contributed by atoms with van der Waals surface area (Å²) in [6.45, 7) is 2.35. The number of ether oxygens (including phenoxy) is 2. The lowest BCUT2D eigenvalue weighted by Crippen LogP contribution is -2.14. The zero-order valence-electron chi connectivity index (χ0n) is 12.6. The highest BCUT2D eigenvalue weighted by molar-refractivity contribution is 5.75. The van der Waals surface area contributed by atoms with Gasteiger partial charge in [-0.3, -0.25) is 19.2 Å². The molecule has 0 saturated carbocycles. The number of esters is 2. The van der Waals surface area contributed by atoms with Crippen LogP contribution in [0.5, 0.6) is 11.5 Å². The van der Waals surface area contributed by atoms with E-state index in [0.29, 0.717) is 0 Å². The van der Waals surface area contributed by atoms with Crippen molar-refractivity contribution in [2.75, 3.05) is 0 Å². The van der Waals surface area contributed by atoms with Gasteiger partial charge in [0.1, 0.15) is 11.5 Å². The van der Waals surface area contributed by atoms with Crippen molar-refractivity contribution in [2.24, 2.45) is 0 Å². The standard InChI is InChI=1S/C15H16O8/c1-8(16)22-11-3-4-13(23-9(2)17)12(7-11)10(5-14(18)19)6-15(20)21/h3-4,7,10H,5-6H2,1-2H3,(H,18,19)(H,20,21). The van der Waals surface area contributed by atoms with Crippen molar-refractivity contribution in [1.29, 1.82) is 0 Å². The van der Waals surface area contributed by atoms with E-state index < -0.39 is 42.6 Å². The number of aliphatic carboxylic acids is 2. The topological polar surface area (TPSA) is 127 Å². The van der Waals surface area contributed by atoms with E-state index >= 15 is 0 Å². The van der Waals surface area contributed by atoms with Crippen LogP contribution in [0.4, 0.5) is 0 Å². The molecule has 8 heteroatoms. The van der Waals surface area contributed by atoms with E-state index in [9.17, 15) is 19.2 Å². The number of carboxylic acids is 2. The fourth-order valence-electron chi connectivity index (χ4n) is 2.04. The van der Waals surface area contributed by atoms with Gasteiger partial charge in [-0.1, -0.05) is 0 Å².